The highest BCUT2D eigenvalue weighted by atomic mass is 16.5. The summed E-state index contributed by atoms with van der Waals surface area (Å²) in [5.41, 5.74) is 7.63. The van der Waals surface area contributed by atoms with Gasteiger partial charge >= 0.3 is 0 Å². The standard InChI is InChI=1S/C22H40N4O2/c1-8-11-19-18(20(10-3)28-7)12-14-26(15-22(6,27)13-9-2)17(5)24-16(4)21(23)25-19/h8,11,16,21,25,27H,1,9-10,12-15,23H2,2-7H3/b19-11+,20-18+,24-17-. The van der Waals surface area contributed by atoms with E-state index in [9.17, 15) is 5.11 Å². The molecule has 1 rings (SSSR count). The Balaban J connectivity index is 3.37. The Morgan fingerprint density at radius 2 is 2.18 bits per heavy atom. The molecule has 0 bridgehead atoms. The van der Waals surface area contributed by atoms with Crippen LogP contribution in [0.4, 0.5) is 0 Å². The molecule has 3 atom stereocenters. The number of nitrogens with two attached hydrogens (primary N) is 1. The molecule has 0 aromatic rings. The summed E-state index contributed by atoms with van der Waals surface area (Å²) >= 11 is 0. The van der Waals surface area contributed by atoms with E-state index in [-0.39, 0.29) is 12.2 Å². The van der Waals surface area contributed by atoms with Gasteiger partial charge in [-0.25, -0.2) is 0 Å². The lowest BCUT2D eigenvalue weighted by Crippen LogP contribution is -2.48. The molecule has 3 unspecified atom stereocenters. The lowest BCUT2D eigenvalue weighted by molar-refractivity contribution is 0.0286. The van der Waals surface area contributed by atoms with Crippen LogP contribution in [0.3, 0.4) is 0 Å². The van der Waals surface area contributed by atoms with Crippen molar-refractivity contribution in [3.05, 3.63) is 35.8 Å². The smallest absolute Gasteiger partial charge is 0.101 e. The van der Waals surface area contributed by atoms with Crippen molar-refractivity contribution in [1.29, 1.82) is 0 Å². The van der Waals surface area contributed by atoms with E-state index >= 15 is 0 Å². The van der Waals surface area contributed by atoms with Crippen LogP contribution in [0.2, 0.25) is 0 Å². The Hall–Kier alpha value is -1.79. The van der Waals surface area contributed by atoms with Crippen LogP contribution >= 0.6 is 0 Å². The van der Waals surface area contributed by atoms with Crippen molar-refractivity contribution >= 4 is 5.84 Å². The van der Waals surface area contributed by atoms with Crippen molar-refractivity contribution in [2.24, 2.45) is 10.7 Å². The summed E-state index contributed by atoms with van der Waals surface area (Å²) in [6.45, 7) is 15.2. The number of nitrogens with zero attached hydrogens (tertiary/aromatic N) is 2. The van der Waals surface area contributed by atoms with E-state index in [1.807, 2.05) is 26.8 Å². The number of aliphatic imine (C=N–C) groups is 1. The summed E-state index contributed by atoms with van der Waals surface area (Å²) in [7, 11) is 1.70. The maximum absolute atomic E-state index is 10.8. The van der Waals surface area contributed by atoms with Gasteiger partial charge < -0.3 is 25.8 Å². The first-order chi connectivity index (χ1) is 13.2. The molecule has 0 aromatic carbocycles. The molecular formula is C22H40N4O2. The minimum Gasteiger partial charge on any atom is -0.501 e. The second kappa shape index (κ2) is 11.3. The maximum atomic E-state index is 10.8. The van der Waals surface area contributed by atoms with Crippen molar-refractivity contribution in [2.45, 2.75) is 78.1 Å². The second-order valence-corrected chi connectivity index (χ2v) is 7.78. The molecule has 0 amide bonds. The number of hydrogen-bond donors (Lipinski definition) is 3. The molecule has 0 aliphatic carbocycles. The van der Waals surface area contributed by atoms with E-state index in [0.717, 1.165) is 55.1 Å². The van der Waals surface area contributed by atoms with E-state index in [1.165, 1.54) is 0 Å². The third kappa shape index (κ3) is 6.99. The molecule has 1 aliphatic rings. The fraction of sp³-hybridized carbons (Fsp3) is 0.682. The zero-order valence-electron chi connectivity index (χ0n) is 18.6. The summed E-state index contributed by atoms with van der Waals surface area (Å²) < 4.78 is 5.67. The van der Waals surface area contributed by atoms with E-state index in [1.54, 1.807) is 13.2 Å². The molecule has 1 aliphatic heterocycles. The highest BCUT2D eigenvalue weighted by Crippen LogP contribution is 2.24. The maximum Gasteiger partial charge on any atom is 0.101 e. The highest BCUT2D eigenvalue weighted by molar-refractivity contribution is 5.80. The number of nitrogens with one attached hydrogen (secondary N) is 1. The SMILES string of the molecule is C=C/C=C1/NC(N)C(C)/N=C(/C)N(CC(C)(O)CCC)CC/C1=C(/CC)OC. The van der Waals surface area contributed by atoms with Crippen molar-refractivity contribution in [3.63, 3.8) is 0 Å². The Morgan fingerprint density at radius 1 is 1.50 bits per heavy atom. The van der Waals surface area contributed by atoms with Crippen molar-refractivity contribution in [1.82, 2.24) is 10.2 Å². The minimum absolute atomic E-state index is 0.126. The summed E-state index contributed by atoms with van der Waals surface area (Å²) in [6, 6.07) is -0.126. The first-order valence-electron chi connectivity index (χ1n) is 10.3. The molecule has 0 aromatic heterocycles. The average Bonchev–Trinajstić information content (AvgIpc) is 2.62. The van der Waals surface area contributed by atoms with Crippen LogP contribution in [-0.4, -0.2) is 53.9 Å². The Morgan fingerprint density at radius 3 is 2.71 bits per heavy atom. The summed E-state index contributed by atoms with van der Waals surface area (Å²) in [5, 5.41) is 14.2. The highest BCUT2D eigenvalue weighted by Gasteiger charge is 2.26. The van der Waals surface area contributed by atoms with E-state index in [0.29, 0.717) is 6.54 Å². The quantitative estimate of drug-likeness (QED) is 0.579. The zero-order valence-corrected chi connectivity index (χ0v) is 18.6. The second-order valence-electron chi connectivity index (χ2n) is 7.78. The van der Waals surface area contributed by atoms with Crippen LogP contribution in [-0.2, 0) is 4.74 Å². The van der Waals surface area contributed by atoms with Crippen molar-refractivity contribution in [3.8, 4) is 0 Å². The number of ether oxygens (including phenoxy) is 1. The average molecular weight is 393 g/mol. The molecule has 0 spiro atoms. The van der Waals surface area contributed by atoms with Gasteiger partial charge in [-0.15, -0.1) is 0 Å². The molecule has 160 valence electrons. The third-order valence-electron chi connectivity index (χ3n) is 5.16. The number of methoxy groups -OCH3 is 1. The fourth-order valence-electron chi connectivity index (χ4n) is 3.65. The topological polar surface area (TPSA) is 83.1 Å². The number of hydrogen-bond acceptors (Lipinski definition) is 6. The Bertz CT molecular complexity index is 602. The third-order valence-corrected chi connectivity index (χ3v) is 5.16. The van der Waals surface area contributed by atoms with Crippen LogP contribution in [0.25, 0.3) is 0 Å². The van der Waals surface area contributed by atoms with Crippen molar-refractivity contribution < 1.29 is 9.84 Å². The van der Waals surface area contributed by atoms with Crippen LogP contribution < -0.4 is 11.1 Å². The van der Waals surface area contributed by atoms with Crippen molar-refractivity contribution in [2.75, 3.05) is 20.2 Å². The monoisotopic (exact) mass is 392 g/mol. The lowest BCUT2D eigenvalue weighted by atomic mass is 9.98. The van der Waals surface area contributed by atoms with Gasteiger partial charge in [-0.1, -0.05) is 32.9 Å². The predicted octanol–water partition coefficient (Wildman–Crippen LogP) is 3.30. The van der Waals surface area contributed by atoms with Gasteiger partial charge in [-0.3, -0.25) is 4.99 Å². The summed E-state index contributed by atoms with van der Waals surface area (Å²) in [6.07, 6.45) is 6.56. The van der Waals surface area contributed by atoms with Crippen LogP contribution in [0.5, 0.6) is 0 Å². The number of aliphatic hydroxyl groups is 1. The molecule has 0 saturated carbocycles. The van der Waals surface area contributed by atoms with Gasteiger partial charge in [0.25, 0.3) is 0 Å². The van der Waals surface area contributed by atoms with E-state index in [2.05, 4.69) is 30.6 Å². The molecule has 6 nitrogen and oxygen atoms in total. The first kappa shape index (κ1) is 24.2. The lowest BCUT2D eigenvalue weighted by Gasteiger charge is -2.35. The Labute approximate surface area is 171 Å². The fourth-order valence-corrected chi connectivity index (χ4v) is 3.65. The van der Waals surface area contributed by atoms with Gasteiger partial charge in [-0.05, 0) is 39.7 Å². The van der Waals surface area contributed by atoms with Gasteiger partial charge in [0.2, 0.25) is 0 Å². The molecule has 6 heteroatoms. The van der Waals surface area contributed by atoms with Crippen LogP contribution in [0.1, 0.15) is 60.3 Å². The molecule has 0 saturated heterocycles. The number of allylic oxidation sites excluding steroid dienone is 4. The van der Waals surface area contributed by atoms with E-state index in [4.69, 9.17) is 15.5 Å². The Kier molecular flexibility index (Phi) is 9.76. The summed E-state index contributed by atoms with van der Waals surface area (Å²) in [5.74, 6) is 1.82. The molecular weight excluding hydrogens is 352 g/mol. The largest absolute Gasteiger partial charge is 0.501 e. The molecule has 4 N–H and O–H groups in total. The van der Waals surface area contributed by atoms with Gasteiger partial charge in [0.15, 0.2) is 0 Å². The van der Waals surface area contributed by atoms with Gasteiger partial charge in [0.1, 0.15) is 5.76 Å². The van der Waals surface area contributed by atoms with Gasteiger partial charge in [0, 0.05) is 30.8 Å². The number of rotatable bonds is 7. The zero-order chi connectivity index (χ0) is 21.3. The predicted molar refractivity (Wildman–Crippen MR) is 118 cm³/mol. The van der Waals surface area contributed by atoms with Gasteiger partial charge in [0.05, 0.1) is 30.8 Å². The van der Waals surface area contributed by atoms with Crippen LogP contribution in [0, 0.1) is 0 Å². The molecule has 1 heterocycles. The minimum atomic E-state index is -0.766. The summed E-state index contributed by atoms with van der Waals surface area (Å²) in [4.78, 5) is 6.96. The first-order valence-corrected chi connectivity index (χ1v) is 10.3. The number of amidine groups is 1. The molecule has 0 fully saturated rings. The van der Waals surface area contributed by atoms with Crippen LogP contribution in [0.15, 0.2) is 40.8 Å². The normalized spacial score (nSPS) is 28.6. The number of β-amino-alcohol motifs (C(OH)–C–C–N with tert-alkyl or cyclic N) is 1. The molecule has 28 heavy (non-hydrogen) atoms. The molecule has 0 radical (unpaired) electrons. The van der Waals surface area contributed by atoms with Gasteiger partial charge in [-0.2, -0.15) is 0 Å². The van der Waals surface area contributed by atoms with E-state index < -0.39 is 5.60 Å².